The zero-order chi connectivity index (χ0) is 16.2. The minimum Gasteiger partial charge on any atom is -0.497 e. The van der Waals surface area contributed by atoms with Crippen LogP contribution in [0.3, 0.4) is 0 Å². The van der Waals surface area contributed by atoms with Crippen molar-refractivity contribution in [3.63, 3.8) is 0 Å². The van der Waals surface area contributed by atoms with Crippen molar-refractivity contribution in [3.05, 3.63) is 64.5 Å². The van der Waals surface area contributed by atoms with Gasteiger partial charge >= 0.3 is 0 Å². The van der Waals surface area contributed by atoms with E-state index in [0.717, 1.165) is 43.5 Å². The molecule has 1 aliphatic rings. The highest BCUT2D eigenvalue weighted by Gasteiger charge is 2.24. The normalized spacial score (nSPS) is 16.4. The molecule has 1 N–H and O–H groups in total. The average molecular weight is 313 g/mol. The number of ether oxygens (including phenoxy) is 1. The van der Waals surface area contributed by atoms with Gasteiger partial charge in [0.15, 0.2) is 0 Å². The second-order valence-electron chi connectivity index (χ2n) is 6.21. The lowest BCUT2D eigenvalue weighted by atomic mass is 9.84. The van der Waals surface area contributed by atoms with Crippen LogP contribution in [0.25, 0.3) is 0 Å². The molecule has 2 aromatic carbocycles. The third-order valence-corrected chi connectivity index (χ3v) is 4.79. The first kappa shape index (κ1) is 16.0. The summed E-state index contributed by atoms with van der Waals surface area (Å²) in [6.45, 7) is 0.999. The highest BCUT2D eigenvalue weighted by atomic mass is 19.1. The molecule has 1 unspecified atom stereocenters. The van der Waals surface area contributed by atoms with Crippen LogP contribution in [0.2, 0.25) is 0 Å². The van der Waals surface area contributed by atoms with Crippen LogP contribution in [0.4, 0.5) is 4.39 Å². The molecule has 3 heteroatoms. The molecule has 3 rings (SSSR count). The van der Waals surface area contributed by atoms with Crippen LogP contribution in [0.5, 0.6) is 5.75 Å². The lowest BCUT2D eigenvalue weighted by Crippen LogP contribution is -2.11. The van der Waals surface area contributed by atoms with Gasteiger partial charge in [-0.05, 0) is 85.8 Å². The van der Waals surface area contributed by atoms with Gasteiger partial charge in [-0.15, -0.1) is 0 Å². The van der Waals surface area contributed by atoms with E-state index >= 15 is 0 Å². The minimum absolute atomic E-state index is 0.138. The Bertz CT molecular complexity index is 683. The summed E-state index contributed by atoms with van der Waals surface area (Å²) < 4.78 is 19.1. The van der Waals surface area contributed by atoms with E-state index in [0.29, 0.717) is 5.92 Å². The number of benzene rings is 2. The van der Waals surface area contributed by atoms with E-state index in [1.54, 1.807) is 19.2 Å². The van der Waals surface area contributed by atoms with Crippen molar-refractivity contribution in [1.82, 2.24) is 5.32 Å². The predicted octanol–water partition coefficient (Wildman–Crippen LogP) is 4.06. The van der Waals surface area contributed by atoms with Crippen molar-refractivity contribution in [1.29, 1.82) is 0 Å². The van der Waals surface area contributed by atoms with Crippen LogP contribution < -0.4 is 10.1 Å². The molecule has 122 valence electrons. The van der Waals surface area contributed by atoms with Crippen molar-refractivity contribution >= 4 is 0 Å². The second kappa shape index (κ2) is 7.14. The Morgan fingerprint density at radius 2 is 1.78 bits per heavy atom. The number of halogens is 1. The molecule has 1 aliphatic carbocycles. The molecule has 0 heterocycles. The molecule has 0 aliphatic heterocycles. The Morgan fingerprint density at radius 1 is 1.09 bits per heavy atom. The van der Waals surface area contributed by atoms with E-state index in [9.17, 15) is 4.39 Å². The molecule has 0 radical (unpaired) electrons. The number of hydrogen-bond donors (Lipinski definition) is 1. The summed E-state index contributed by atoms with van der Waals surface area (Å²) in [5, 5.41) is 3.22. The predicted molar refractivity (Wildman–Crippen MR) is 91.8 cm³/mol. The summed E-state index contributed by atoms with van der Waals surface area (Å²) in [5.74, 6) is 1.10. The van der Waals surface area contributed by atoms with Gasteiger partial charge < -0.3 is 10.1 Å². The first-order valence-electron chi connectivity index (χ1n) is 8.32. The number of rotatable bonds is 5. The topological polar surface area (TPSA) is 21.3 Å². The quantitative estimate of drug-likeness (QED) is 0.840. The van der Waals surface area contributed by atoms with Crippen LogP contribution in [-0.4, -0.2) is 20.7 Å². The highest BCUT2D eigenvalue weighted by Crippen LogP contribution is 2.38. The lowest BCUT2D eigenvalue weighted by Gasteiger charge is -2.21. The van der Waals surface area contributed by atoms with Gasteiger partial charge in [-0.25, -0.2) is 4.39 Å². The van der Waals surface area contributed by atoms with E-state index in [1.165, 1.54) is 16.7 Å². The van der Waals surface area contributed by atoms with Crippen molar-refractivity contribution in [2.45, 2.75) is 31.6 Å². The summed E-state index contributed by atoms with van der Waals surface area (Å²) >= 11 is 0. The third-order valence-electron chi connectivity index (χ3n) is 4.79. The van der Waals surface area contributed by atoms with Crippen LogP contribution in [-0.2, 0) is 12.8 Å². The first-order chi connectivity index (χ1) is 11.2. The highest BCUT2D eigenvalue weighted by molar-refractivity contribution is 5.47. The fourth-order valence-corrected chi connectivity index (χ4v) is 3.63. The van der Waals surface area contributed by atoms with E-state index in [4.69, 9.17) is 4.74 Å². The molecule has 0 spiro atoms. The summed E-state index contributed by atoms with van der Waals surface area (Å²) in [5.41, 5.74) is 5.13. The molecule has 2 nitrogen and oxygen atoms in total. The smallest absolute Gasteiger partial charge is 0.123 e. The summed E-state index contributed by atoms with van der Waals surface area (Å²) in [4.78, 5) is 0. The van der Waals surface area contributed by atoms with Crippen molar-refractivity contribution in [3.8, 4) is 5.75 Å². The Balaban J connectivity index is 2.03. The van der Waals surface area contributed by atoms with E-state index in [1.807, 2.05) is 19.2 Å². The fraction of sp³-hybridized carbons (Fsp3) is 0.400. The molecule has 0 fully saturated rings. The maximum Gasteiger partial charge on any atom is 0.123 e. The summed E-state index contributed by atoms with van der Waals surface area (Å²) in [6.07, 6.45) is 3.99. The fourth-order valence-electron chi connectivity index (χ4n) is 3.63. The molecule has 0 aromatic heterocycles. The van der Waals surface area contributed by atoms with Gasteiger partial charge in [0.1, 0.15) is 11.6 Å². The number of hydrogen-bond acceptors (Lipinski definition) is 2. The van der Waals surface area contributed by atoms with Crippen LogP contribution in [0.1, 0.15) is 41.0 Å². The van der Waals surface area contributed by atoms with Crippen molar-refractivity contribution < 1.29 is 9.13 Å². The zero-order valence-electron chi connectivity index (χ0n) is 13.9. The van der Waals surface area contributed by atoms with Crippen LogP contribution in [0.15, 0.2) is 36.4 Å². The summed E-state index contributed by atoms with van der Waals surface area (Å²) in [6, 6.07) is 11.7. The molecule has 2 aromatic rings. The monoisotopic (exact) mass is 313 g/mol. The van der Waals surface area contributed by atoms with Gasteiger partial charge in [0.2, 0.25) is 0 Å². The van der Waals surface area contributed by atoms with Gasteiger partial charge in [0.05, 0.1) is 7.11 Å². The summed E-state index contributed by atoms with van der Waals surface area (Å²) in [7, 11) is 3.68. The zero-order valence-corrected chi connectivity index (χ0v) is 13.9. The average Bonchev–Trinajstić information content (AvgIpc) is 2.71. The molecular formula is C20H24FNO. The molecule has 23 heavy (non-hydrogen) atoms. The Kier molecular flexibility index (Phi) is 4.97. The van der Waals surface area contributed by atoms with Gasteiger partial charge in [-0.3, -0.25) is 0 Å². The number of aryl methyl sites for hydroxylation is 2. The largest absolute Gasteiger partial charge is 0.497 e. The molecular weight excluding hydrogens is 289 g/mol. The van der Waals surface area contributed by atoms with E-state index in [-0.39, 0.29) is 5.82 Å². The Morgan fingerprint density at radius 3 is 2.48 bits per heavy atom. The lowest BCUT2D eigenvalue weighted by molar-refractivity contribution is 0.414. The minimum atomic E-state index is -0.138. The number of methoxy groups -OCH3 is 1. The van der Waals surface area contributed by atoms with Gasteiger partial charge in [-0.2, -0.15) is 0 Å². The van der Waals surface area contributed by atoms with E-state index < -0.39 is 0 Å². The maximum absolute atomic E-state index is 13.7. The van der Waals surface area contributed by atoms with E-state index in [2.05, 4.69) is 17.4 Å². The number of nitrogens with one attached hydrogen (secondary N) is 1. The third kappa shape index (κ3) is 3.40. The molecule has 1 atom stereocenters. The van der Waals surface area contributed by atoms with Crippen molar-refractivity contribution in [2.75, 3.05) is 20.7 Å². The standard InChI is InChI=1S/C20H24FNO/c1-22-11-3-4-20-18-9-7-16(21)12-14(18)5-6-15-13-17(23-2)8-10-19(15)20/h7-10,12-13,20,22H,3-6,11H2,1-2H3. The molecule has 0 bridgehead atoms. The molecule has 0 saturated carbocycles. The number of fused-ring (bicyclic) bond motifs is 2. The van der Waals surface area contributed by atoms with Crippen LogP contribution in [0, 0.1) is 5.82 Å². The molecule has 0 saturated heterocycles. The SMILES string of the molecule is CNCCCC1c2ccc(F)cc2CCc2cc(OC)ccc21. The van der Waals surface area contributed by atoms with Crippen LogP contribution >= 0.6 is 0 Å². The Labute approximate surface area is 137 Å². The van der Waals surface area contributed by atoms with Gasteiger partial charge in [-0.1, -0.05) is 12.1 Å². The maximum atomic E-state index is 13.7. The van der Waals surface area contributed by atoms with Crippen molar-refractivity contribution in [2.24, 2.45) is 0 Å². The second-order valence-corrected chi connectivity index (χ2v) is 6.21. The first-order valence-corrected chi connectivity index (χ1v) is 8.32. The van der Waals surface area contributed by atoms with Gasteiger partial charge in [0.25, 0.3) is 0 Å². The van der Waals surface area contributed by atoms with Gasteiger partial charge in [0, 0.05) is 5.92 Å². The molecule has 0 amide bonds. The Hall–Kier alpha value is -1.87.